The molecule has 0 atom stereocenters. The molecule has 0 spiro atoms. The summed E-state index contributed by atoms with van der Waals surface area (Å²) in [4.78, 5) is 0. The lowest BCUT2D eigenvalue weighted by atomic mass is 9.76. The first-order valence-electron chi connectivity index (χ1n) is 4.27. The molecular formula is C8H17BO2. The molecule has 0 saturated heterocycles. The molecule has 2 nitrogen and oxygen atoms in total. The molecule has 0 unspecified atom stereocenters. The molecule has 64 valence electrons. The van der Waals surface area contributed by atoms with E-state index in [1.165, 1.54) is 0 Å². The molecule has 0 amide bonds. The van der Waals surface area contributed by atoms with E-state index in [0.717, 1.165) is 31.2 Å². The van der Waals surface area contributed by atoms with Crippen molar-refractivity contribution >= 4 is 7.12 Å². The molecule has 0 rings (SSSR count). The normalized spacial score (nSPS) is 11.8. The van der Waals surface area contributed by atoms with Crippen LogP contribution in [-0.4, -0.2) is 17.2 Å². The summed E-state index contributed by atoms with van der Waals surface area (Å²) < 4.78 is 0. The van der Waals surface area contributed by atoms with E-state index in [2.05, 4.69) is 6.92 Å². The second kappa shape index (κ2) is 6.44. The van der Waals surface area contributed by atoms with Crippen LogP contribution in [0.4, 0.5) is 0 Å². The zero-order valence-electron chi connectivity index (χ0n) is 7.38. The molecule has 11 heavy (non-hydrogen) atoms. The maximum absolute atomic E-state index is 8.86. The monoisotopic (exact) mass is 156 g/mol. The molecule has 0 bridgehead atoms. The van der Waals surface area contributed by atoms with Crippen LogP contribution < -0.4 is 0 Å². The Labute approximate surface area is 69.1 Å². The molecule has 0 aromatic heterocycles. The highest BCUT2D eigenvalue weighted by molar-refractivity contribution is 6.50. The zero-order chi connectivity index (χ0) is 8.69. The van der Waals surface area contributed by atoms with Gasteiger partial charge in [-0.2, -0.15) is 0 Å². The molecule has 0 heterocycles. The van der Waals surface area contributed by atoms with Gasteiger partial charge in [-0.1, -0.05) is 32.8 Å². The maximum Gasteiger partial charge on any atom is 0.483 e. The highest BCUT2D eigenvalue weighted by Crippen LogP contribution is 2.07. The molecule has 2 N–H and O–H groups in total. The van der Waals surface area contributed by atoms with Gasteiger partial charge in [0.1, 0.15) is 0 Å². The molecule has 0 fully saturated rings. The molecule has 3 heteroatoms. The minimum atomic E-state index is -1.25. The van der Waals surface area contributed by atoms with Gasteiger partial charge in [0.25, 0.3) is 0 Å². The second-order valence-corrected chi connectivity index (χ2v) is 2.69. The summed E-state index contributed by atoms with van der Waals surface area (Å²) in [6.45, 7) is 4.10. The van der Waals surface area contributed by atoms with Crippen molar-refractivity contribution in [3.8, 4) is 0 Å². The van der Waals surface area contributed by atoms with E-state index in [1.54, 1.807) is 0 Å². The zero-order valence-corrected chi connectivity index (χ0v) is 7.38. The Balaban J connectivity index is 3.86. The Kier molecular flexibility index (Phi) is 6.28. The van der Waals surface area contributed by atoms with Crippen molar-refractivity contribution in [2.45, 2.75) is 39.5 Å². The van der Waals surface area contributed by atoms with Gasteiger partial charge in [-0.05, 0) is 18.3 Å². The van der Waals surface area contributed by atoms with Crippen molar-refractivity contribution < 1.29 is 10.0 Å². The number of hydrogen-bond acceptors (Lipinski definition) is 2. The molecule has 0 radical (unpaired) electrons. The van der Waals surface area contributed by atoms with Crippen LogP contribution in [-0.2, 0) is 0 Å². The second-order valence-electron chi connectivity index (χ2n) is 2.69. The van der Waals surface area contributed by atoms with Gasteiger partial charge in [-0.3, -0.25) is 0 Å². The van der Waals surface area contributed by atoms with Crippen molar-refractivity contribution in [1.29, 1.82) is 0 Å². The van der Waals surface area contributed by atoms with Crippen LogP contribution in [0, 0.1) is 0 Å². The quantitative estimate of drug-likeness (QED) is 0.592. The van der Waals surface area contributed by atoms with Gasteiger partial charge < -0.3 is 10.0 Å². The maximum atomic E-state index is 8.86. The van der Waals surface area contributed by atoms with E-state index < -0.39 is 7.12 Å². The van der Waals surface area contributed by atoms with Crippen molar-refractivity contribution in [3.05, 3.63) is 11.5 Å². The minimum Gasteiger partial charge on any atom is -0.423 e. The van der Waals surface area contributed by atoms with E-state index in [1.807, 2.05) is 13.0 Å². The molecule has 0 aliphatic carbocycles. The smallest absolute Gasteiger partial charge is 0.423 e. The van der Waals surface area contributed by atoms with Crippen LogP contribution in [0.3, 0.4) is 0 Å². The Morgan fingerprint density at radius 1 is 1.27 bits per heavy atom. The first kappa shape index (κ1) is 10.7. The molecule has 0 aromatic rings. The lowest BCUT2D eigenvalue weighted by molar-refractivity contribution is 0.416. The molecular weight excluding hydrogens is 139 g/mol. The molecule has 0 saturated carbocycles. The van der Waals surface area contributed by atoms with Gasteiger partial charge in [0.2, 0.25) is 0 Å². The van der Waals surface area contributed by atoms with Gasteiger partial charge in [-0.15, -0.1) is 0 Å². The third-order valence-electron chi connectivity index (χ3n) is 1.57. The van der Waals surface area contributed by atoms with Gasteiger partial charge in [-0.25, -0.2) is 0 Å². The van der Waals surface area contributed by atoms with Crippen molar-refractivity contribution in [2.75, 3.05) is 0 Å². The molecule has 0 aromatic carbocycles. The van der Waals surface area contributed by atoms with Crippen molar-refractivity contribution in [2.24, 2.45) is 0 Å². The molecule has 0 aliphatic rings. The fourth-order valence-corrected chi connectivity index (χ4v) is 0.955. The highest BCUT2D eigenvalue weighted by Gasteiger charge is 2.12. The summed E-state index contributed by atoms with van der Waals surface area (Å²) >= 11 is 0. The summed E-state index contributed by atoms with van der Waals surface area (Å²) in [6, 6.07) is 0. The van der Waals surface area contributed by atoms with Crippen LogP contribution in [0.25, 0.3) is 0 Å². The minimum absolute atomic E-state index is 0.759. The number of unbranched alkanes of at least 4 members (excludes halogenated alkanes) is 1. The van der Waals surface area contributed by atoms with Gasteiger partial charge in [0, 0.05) is 0 Å². The van der Waals surface area contributed by atoms with Gasteiger partial charge >= 0.3 is 7.12 Å². The van der Waals surface area contributed by atoms with Crippen molar-refractivity contribution in [1.82, 2.24) is 0 Å². The van der Waals surface area contributed by atoms with E-state index in [4.69, 9.17) is 10.0 Å². The van der Waals surface area contributed by atoms with Crippen LogP contribution >= 0.6 is 0 Å². The van der Waals surface area contributed by atoms with Crippen LogP contribution in [0.5, 0.6) is 0 Å². The Morgan fingerprint density at radius 3 is 2.27 bits per heavy atom. The fraction of sp³-hybridized carbons (Fsp3) is 0.750. The SMILES string of the molecule is CCC/C=C(/CCC)B(O)O. The summed E-state index contributed by atoms with van der Waals surface area (Å²) in [7, 11) is -1.25. The lowest BCUT2D eigenvalue weighted by Gasteiger charge is -2.03. The summed E-state index contributed by atoms with van der Waals surface area (Å²) in [5.74, 6) is 0. The fourth-order valence-electron chi connectivity index (χ4n) is 0.955. The standard InChI is InChI=1S/C8H17BO2/c1-3-5-7-8(6-4-2)9(10)11/h7,10-11H,3-6H2,1-2H3/b8-7-. The Hall–Kier alpha value is -0.275. The van der Waals surface area contributed by atoms with E-state index in [9.17, 15) is 0 Å². The predicted octanol–water partition coefficient (Wildman–Crippen LogP) is 1.52. The average molecular weight is 156 g/mol. The Morgan fingerprint density at radius 2 is 1.91 bits per heavy atom. The Bertz CT molecular complexity index is 121. The largest absolute Gasteiger partial charge is 0.483 e. The summed E-state index contributed by atoms with van der Waals surface area (Å²) in [6.07, 6.45) is 5.67. The topological polar surface area (TPSA) is 40.5 Å². The third-order valence-corrected chi connectivity index (χ3v) is 1.57. The highest BCUT2D eigenvalue weighted by atomic mass is 16.4. The summed E-state index contributed by atoms with van der Waals surface area (Å²) in [5, 5.41) is 17.7. The number of allylic oxidation sites excluding steroid dienone is 2. The predicted molar refractivity (Wildman–Crippen MR) is 48.1 cm³/mol. The summed E-state index contributed by atoms with van der Waals surface area (Å²) in [5.41, 5.74) is 0.759. The van der Waals surface area contributed by atoms with Crippen molar-refractivity contribution in [3.63, 3.8) is 0 Å². The van der Waals surface area contributed by atoms with Crippen LogP contribution in [0.2, 0.25) is 0 Å². The van der Waals surface area contributed by atoms with Gasteiger partial charge in [0.05, 0.1) is 0 Å². The average Bonchev–Trinajstić information content (AvgIpc) is 1.97. The first-order chi connectivity index (χ1) is 5.22. The van der Waals surface area contributed by atoms with E-state index in [0.29, 0.717) is 0 Å². The number of hydrogen-bond donors (Lipinski definition) is 2. The third kappa shape index (κ3) is 5.05. The van der Waals surface area contributed by atoms with E-state index in [-0.39, 0.29) is 0 Å². The van der Waals surface area contributed by atoms with E-state index >= 15 is 0 Å². The lowest BCUT2D eigenvalue weighted by Crippen LogP contribution is -2.15. The van der Waals surface area contributed by atoms with Crippen LogP contribution in [0.1, 0.15) is 39.5 Å². The van der Waals surface area contributed by atoms with Crippen LogP contribution in [0.15, 0.2) is 11.5 Å². The van der Waals surface area contributed by atoms with Gasteiger partial charge in [0.15, 0.2) is 0 Å². The first-order valence-corrected chi connectivity index (χ1v) is 4.27. The number of rotatable bonds is 5. The molecule has 0 aliphatic heterocycles.